The first-order chi connectivity index (χ1) is 14.8. The predicted molar refractivity (Wildman–Crippen MR) is 104 cm³/mol. The van der Waals surface area contributed by atoms with E-state index in [4.69, 9.17) is 9.47 Å². The minimum Gasteiger partial charge on any atom is -0.493 e. The Kier molecular flexibility index (Phi) is 6.58. The maximum atomic E-state index is 12.9. The van der Waals surface area contributed by atoms with Crippen LogP contribution in [-0.4, -0.2) is 35.4 Å². The molecule has 10 heteroatoms. The summed E-state index contributed by atoms with van der Waals surface area (Å²) in [6, 6.07) is 13.6. The van der Waals surface area contributed by atoms with Crippen molar-refractivity contribution < 1.29 is 32.2 Å². The summed E-state index contributed by atoms with van der Waals surface area (Å²) in [6.45, 7) is -0.282. The average molecular weight is 433 g/mol. The van der Waals surface area contributed by atoms with Gasteiger partial charge in [-0.05, 0) is 23.8 Å². The number of rotatable bonds is 7. The van der Waals surface area contributed by atoms with Crippen LogP contribution in [0.5, 0.6) is 5.75 Å². The fraction of sp³-hybridized carbons (Fsp3) is 0.190. The average Bonchev–Trinajstić information content (AvgIpc) is 3.21. The third kappa shape index (κ3) is 5.62. The number of hydrogen-bond donors (Lipinski definition) is 1. The van der Waals surface area contributed by atoms with Crippen molar-refractivity contribution in [1.29, 1.82) is 0 Å². The van der Waals surface area contributed by atoms with Gasteiger partial charge < -0.3 is 14.8 Å². The number of nitrogens with one attached hydrogen (secondary N) is 1. The van der Waals surface area contributed by atoms with Gasteiger partial charge in [0.1, 0.15) is 0 Å². The first kappa shape index (κ1) is 21.9. The SMILES string of the molecule is COc1cn(-c2cccc(C(F)(F)F)c2)nc1C(=O)OCC(=O)NCc1ccccc1. The Hall–Kier alpha value is -3.82. The fourth-order valence-electron chi connectivity index (χ4n) is 2.65. The Balaban J connectivity index is 1.66. The fourth-order valence-corrected chi connectivity index (χ4v) is 2.65. The van der Waals surface area contributed by atoms with E-state index in [-0.39, 0.29) is 23.7 Å². The van der Waals surface area contributed by atoms with E-state index in [9.17, 15) is 22.8 Å². The molecule has 3 rings (SSSR count). The van der Waals surface area contributed by atoms with Crippen molar-refractivity contribution in [2.24, 2.45) is 0 Å². The smallest absolute Gasteiger partial charge is 0.416 e. The first-order valence-corrected chi connectivity index (χ1v) is 9.07. The van der Waals surface area contributed by atoms with E-state index in [0.29, 0.717) is 0 Å². The molecule has 162 valence electrons. The number of amides is 1. The molecule has 0 fully saturated rings. The number of esters is 1. The van der Waals surface area contributed by atoms with Crippen molar-refractivity contribution in [3.8, 4) is 11.4 Å². The van der Waals surface area contributed by atoms with Gasteiger partial charge in [-0.3, -0.25) is 4.79 Å². The summed E-state index contributed by atoms with van der Waals surface area (Å²) in [5.74, 6) is -1.47. The highest BCUT2D eigenvalue weighted by molar-refractivity contribution is 5.92. The number of carbonyl (C=O) groups excluding carboxylic acids is 2. The number of hydrogen-bond acceptors (Lipinski definition) is 5. The Morgan fingerprint density at radius 1 is 1.10 bits per heavy atom. The minimum absolute atomic E-state index is 0.00731. The standard InChI is InChI=1S/C21H18F3N3O4/c1-30-17-12-27(16-9-5-8-15(10-16)21(22,23)24)26-19(17)20(29)31-13-18(28)25-11-14-6-3-2-4-7-14/h2-10,12H,11,13H2,1H3,(H,25,28). The van der Waals surface area contributed by atoms with Gasteiger partial charge in [-0.2, -0.15) is 18.3 Å². The summed E-state index contributed by atoms with van der Waals surface area (Å²) in [5, 5.41) is 6.57. The highest BCUT2D eigenvalue weighted by Gasteiger charge is 2.31. The molecule has 0 aliphatic heterocycles. The molecule has 0 spiro atoms. The Labute approximate surface area is 175 Å². The second-order valence-corrected chi connectivity index (χ2v) is 6.38. The Morgan fingerprint density at radius 3 is 2.52 bits per heavy atom. The lowest BCUT2D eigenvalue weighted by molar-refractivity contribution is -0.137. The van der Waals surface area contributed by atoms with E-state index in [2.05, 4.69) is 10.4 Å². The van der Waals surface area contributed by atoms with Crippen LogP contribution in [0.25, 0.3) is 5.69 Å². The molecular formula is C21H18F3N3O4. The molecule has 2 aromatic carbocycles. The third-order valence-electron chi connectivity index (χ3n) is 4.20. The quantitative estimate of drug-likeness (QED) is 0.578. The zero-order valence-corrected chi connectivity index (χ0v) is 16.3. The van der Waals surface area contributed by atoms with E-state index < -0.39 is 30.2 Å². The number of benzene rings is 2. The van der Waals surface area contributed by atoms with Crippen molar-refractivity contribution in [3.63, 3.8) is 0 Å². The second-order valence-electron chi connectivity index (χ2n) is 6.38. The molecule has 7 nitrogen and oxygen atoms in total. The maximum absolute atomic E-state index is 12.9. The van der Waals surface area contributed by atoms with Crippen molar-refractivity contribution in [3.05, 3.63) is 77.6 Å². The normalized spacial score (nSPS) is 11.1. The number of ether oxygens (including phenoxy) is 2. The zero-order valence-electron chi connectivity index (χ0n) is 16.3. The molecule has 0 saturated carbocycles. The molecular weight excluding hydrogens is 415 g/mol. The Bertz CT molecular complexity index is 1070. The molecule has 0 saturated heterocycles. The van der Waals surface area contributed by atoms with Gasteiger partial charge in [0, 0.05) is 6.54 Å². The molecule has 1 heterocycles. The first-order valence-electron chi connectivity index (χ1n) is 9.07. The lowest BCUT2D eigenvalue weighted by atomic mass is 10.2. The molecule has 1 aromatic heterocycles. The van der Waals surface area contributed by atoms with Gasteiger partial charge >= 0.3 is 12.1 Å². The minimum atomic E-state index is -4.53. The predicted octanol–water partition coefficient (Wildman–Crippen LogP) is 3.37. The van der Waals surface area contributed by atoms with Gasteiger partial charge in [0.05, 0.1) is 24.6 Å². The molecule has 0 atom stereocenters. The maximum Gasteiger partial charge on any atom is 0.416 e. The summed E-state index contributed by atoms with van der Waals surface area (Å²) in [4.78, 5) is 24.2. The molecule has 3 aromatic rings. The second kappa shape index (κ2) is 9.33. The largest absolute Gasteiger partial charge is 0.493 e. The summed E-state index contributed by atoms with van der Waals surface area (Å²) >= 11 is 0. The molecule has 0 radical (unpaired) electrons. The lowest BCUT2D eigenvalue weighted by Crippen LogP contribution is -2.28. The van der Waals surface area contributed by atoms with Crippen molar-refractivity contribution >= 4 is 11.9 Å². The Morgan fingerprint density at radius 2 is 1.84 bits per heavy atom. The lowest BCUT2D eigenvalue weighted by Gasteiger charge is -2.08. The van der Waals surface area contributed by atoms with Crippen LogP contribution in [0.2, 0.25) is 0 Å². The van der Waals surface area contributed by atoms with Crippen molar-refractivity contribution in [1.82, 2.24) is 15.1 Å². The highest BCUT2D eigenvalue weighted by atomic mass is 19.4. The number of nitrogens with zero attached hydrogens (tertiary/aromatic N) is 2. The topological polar surface area (TPSA) is 82.5 Å². The van der Waals surface area contributed by atoms with Crippen LogP contribution < -0.4 is 10.1 Å². The van der Waals surface area contributed by atoms with E-state index >= 15 is 0 Å². The van der Waals surface area contributed by atoms with E-state index in [1.807, 2.05) is 30.3 Å². The van der Waals surface area contributed by atoms with Crippen LogP contribution in [0.1, 0.15) is 21.6 Å². The molecule has 0 aliphatic carbocycles. The monoisotopic (exact) mass is 433 g/mol. The van der Waals surface area contributed by atoms with Gasteiger partial charge in [0.2, 0.25) is 5.69 Å². The molecule has 1 N–H and O–H groups in total. The van der Waals surface area contributed by atoms with Gasteiger partial charge in [-0.15, -0.1) is 0 Å². The molecule has 0 bridgehead atoms. The van der Waals surface area contributed by atoms with Crippen LogP contribution in [0, 0.1) is 0 Å². The molecule has 1 amide bonds. The van der Waals surface area contributed by atoms with Crippen LogP contribution in [-0.2, 0) is 22.3 Å². The number of alkyl halides is 3. The van der Waals surface area contributed by atoms with Crippen LogP contribution in [0.3, 0.4) is 0 Å². The van der Waals surface area contributed by atoms with E-state index in [0.717, 1.165) is 22.4 Å². The zero-order chi connectivity index (χ0) is 22.4. The number of aromatic nitrogens is 2. The summed E-state index contributed by atoms with van der Waals surface area (Å²) < 4.78 is 49.9. The van der Waals surface area contributed by atoms with Crippen LogP contribution in [0.15, 0.2) is 60.8 Å². The molecule has 0 aliphatic rings. The number of carbonyl (C=O) groups is 2. The van der Waals surface area contributed by atoms with Crippen LogP contribution in [0.4, 0.5) is 13.2 Å². The third-order valence-corrected chi connectivity index (χ3v) is 4.20. The summed E-state index contributed by atoms with van der Waals surface area (Å²) in [7, 11) is 1.27. The van der Waals surface area contributed by atoms with Crippen molar-refractivity contribution in [2.45, 2.75) is 12.7 Å². The van der Waals surface area contributed by atoms with Gasteiger partial charge in [0.15, 0.2) is 12.4 Å². The van der Waals surface area contributed by atoms with Gasteiger partial charge in [-0.25, -0.2) is 9.48 Å². The van der Waals surface area contributed by atoms with Gasteiger partial charge in [0.25, 0.3) is 5.91 Å². The van der Waals surface area contributed by atoms with Crippen LogP contribution >= 0.6 is 0 Å². The summed E-state index contributed by atoms with van der Waals surface area (Å²) in [6.07, 6.45) is -3.27. The van der Waals surface area contributed by atoms with E-state index in [1.165, 1.54) is 25.4 Å². The summed E-state index contributed by atoms with van der Waals surface area (Å²) in [5.41, 5.74) is -0.175. The van der Waals surface area contributed by atoms with E-state index in [1.54, 1.807) is 0 Å². The number of methoxy groups -OCH3 is 1. The van der Waals surface area contributed by atoms with Crippen molar-refractivity contribution in [2.75, 3.05) is 13.7 Å². The number of halogens is 3. The highest BCUT2D eigenvalue weighted by Crippen LogP contribution is 2.30. The molecule has 31 heavy (non-hydrogen) atoms. The van der Waals surface area contributed by atoms with Gasteiger partial charge in [-0.1, -0.05) is 36.4 Å². The molecule has 0 unspecified atom stereocenters.